The number of hydrogen-bond donors (Lipinski definition) is 3. The van der Waals surface area contributed by atoms with Crippen LogP contribution in [0, 0.1) is 6.92 Å². The van der Waals surface area contributed by atoms with Gasteiger partial charge < -0.3 is 15.2 Å². The second-order valence-electron chi connectivity index (χ2n) is 8.71. The zero-order chi connectivity index (χ0) is 20.5. The first-order valence-electron chi connectivity index (χ1n) is 11.0. The summed E-state index contributed by atoms with van der Waals surface area (Å²) in [6, 6.07) is 14.7. The maximum Gasteiger partial charge on any atom is 0.122 e. The molecule has 0 saturated carbocycles. The van der Waals surface area contributed by atoms with Crippen LogP contribution in [0.4, 0.5) is 5.69 Å². The van der Waals surface area contributed by atoms with Gasteiger partial charge in [0, 0.05) is 35.7 Å². The van der Waals surface area contributed by atoms with Gasteiger partial charge in [0.05, 0.1) is 18.3 Å². The van der Waals surface area contributed by atoms with Crippen LogP contribution in [0.15, 0.2) is 42.6 Å². The lowest BCUT2D eigenvalue weighted by atomic mass is 9.96. The van der Waals surface area contributed by atoms with Crippen LogP contribution in [0.25, 0.3) is 10.9 Å². The van der Waals surface area contributed by atoms with E-state index in [1.165, 1.54) is 36.9 Å². The number of rotatable bonds is 7. The van der Waals surface area contributed by atoms with Crippen LogP contribution in [-0.4, -0.2) is 51.5 Å². The van der Waals surface area contributed by atoms with E-state index in [9.17, 15) is 0 Å². The number of benzene rings is 2. The van der Waals surface area contributed by atoms with Crippen molar-refractivity contribution in [2.24, 2.45) is 0 Å². The topological polar surface area (TPSA) is 73.4 Å². The Labute approximate surface area is 177 Å². The molecule has 2 bridgehead atoms. The van der Waals surface area contributed by atoms with Gasteiger partial charge >= 0.3 is 0 Å². The third-order valence-electron chi connectivity index (χ3n) is 6.66. The fourth-order valence-corrected chi connectivity index (χ4v) is 5.18. The molecule has 1 aromatic heterocycles. The van der Waals surface area contributed by atoms with Crippen molar-refractivity contribution in [3.63, 3.8) is 0 Å². The molecule has 30 heavy (non-hydrogen) atoms. The number of aromatic nitrogens is 2. The molecule has 0 amide bonds. The van der Waals surface area contributed by atoms with E-state index in [4.69, 9.17) is 9.84 Å². The molecular weight excluding hydrogens is 376 g/mol. The van der Waals surface area contributed by atoms with Gasteiger partial charge in [0.25, 0.3) is 0 Å². The number of aromatic amines is 1. The lowest BCUT2D eigenvalue weighted by molar-refractivity contribution is 0.124. The van der Waals surface area contributed by atoms with Crippen molar-refractivity contribution < 1.29 is 9.84 Å². The van der Waals surface area contributed by atoms with Crippen molar-refractivity contribution in [3.8, 4) is 5.75 Å². The highest BCUT2D eigenvalue weighted by Gasteiger charge is 2.40. The maximum absolute atomic E-state index is 9.05. The summed E-state index contributed by atoms with van der Waals surface area (Å²) >= 11 is 0. The van der Waals surface area contributed by atoms with Crippen LogP contribution in [0.3, 0.4) is 0 Å². The van der Waals surface area contributed by atoms with Gasteiger partial charge in [-0.15, -0.1) is 0 Å². The van der Waals surface area contributed by atoms with Crippen molar-refractivity contribution in [3.05, 3.63) is 53.7 Å². The van der Waals surface area contributed by atoms with Gasteiger partial charge in [-0.25, -0.2) is 0 Å². The standard InChI is InChI=1S/C24H30N4O2/c1-16-2-3-17(10-24(16)30-9-8-29)15-28-21-5-6-22(28)13-20(12-21)26-19-4-7-23-18(11-19)14-25-27-23/h2-4,7,10-11,14,20-22,26,29H,5-6,8-9,12-13,15H2,1H3,(H,25,27). The first-order valence-corrected chi connectivity index (χ1v) is 11.0. The second kappa shape index (κ2) is 8.28. The minimum absolute atomic E-state index is 0.0435. The number of hydrogen-bond acceptors (Lipinski definition) is 5. The average Bonchev–Trinajstić information content (AvgIpc) is 3.29. The molecule has 2 unspecified atom stereocenters. The SMILES string of the molecule is Cc1ccc(CN2C3CCC2CC(Nc2ccc4[nH]ncc4c2)C3)cc1OCCO. The van der Waals surface area contributed by atoms with Gasteiger partial charge in [0.15, 0.2) is 0 Å². The van der Waals surface area contributed by atoms with Crippen molar-refractivity contribution in [1.82, 2.24) is 15.1 Å². The molecule has 3 N–H and O–H groups in total. The summed E-state index contributed by atoms with van der Waals surface area (Å²) in [7, 11) is 0. The smallest absolute Gasteiger partial charge is 0.122 e. The lowest BCUT2D eigenvalue weighted by Gasteiger charge is -2.39. The molecule has 0 aliphatic carbocycles. The number of aliphatic hydroxyl groups is 1. The molecule has 2 saturated heterocycles. The molecular formula is C24H30N4O2. The summed E-state index contributed by atoms with van der Waals surface area (Å²) in [6.07, 6.45) is 6.80. The van der Waals surface area contributed by atoms with Gasteiger partial charge in [-0.1, -0.05) is 12.1 Å². The molecule has 2 aliphatic heterocycles. The Balaban J connectivity index is 1.24. The Hall–Kier alpha value is -2.57. The Kier molecular flexibility index (Phi) is 5.35. The van der Waals surface area contributed by atoms with E-state index in [-0.39, 0.29) is 6.61 Å². The summed E-state index contributed by atoms with van der Waals surface area (Å²) in [5, 5.41) is 21.1. The van der Waals surface area contributed by atoms with Gasteiger partial charge in [0.1, 0.15) is 12.4 Å². The average molecular weight is 407 g/mol. The maximum atomic E-state index is 9.05. The molecule has 2 aromatic carbocycles. The van der Waals surface area contributed by atoms with Crippen molar-refractivity contribution >= 4 is 16.6 Å². The van der Waals surface area contributed by atoms with Crippen LogP contribution in [0.1, 0.15) is 36.8 Å². The highest BCUT2D eigenvalue weighted by molar-refractivity contribution is 5.81. The molecule has 2 fully saturated rings. The van der Waals surface area contributed by atoms with Crippen molar-refractivity contribution in [2.45, 2.75) is 57.3 Å². The number of H-pyrrole nitrogens is 1. The molecule has 158 valence electrons. The predicted molar refractivity (Wildman–Crippen MR) is 119 cm³/mol. The van der Waals surface area contributed by atoms with E-state index < -0.39 is 0 Å². The minimum atomic E-state index is 0.0435. The molecule has 3 aromatic rings. The molecule has 6 heteroatoms. The number of aryl methyl sites for hydroxylation is 1. The number of anilines is 1. The van der Waals surface area contributed by atoms with E-state index in [0.717, 1.165) is 28.8 Å². The highest BCUT2D eigenvalue weighted by atomic mass is 16.5. The van der Waals surface area contributed by atoms with Gasteiger partial charge in [0.2, 0.25) is 0 Å². The van der Waals surface area contributed by atoms with Gasteiger partial charge in [-0.05, 0) is 68.0 Å². The molecule has 6 nitrogen and oxygen atoms in total. The van der Waals surface area contributed by atoms with Crippen LogP contribution >= 0.6 is 0 Å². The lowest BCUT2D eigenvalue weighted by Crippen LogP contribution is -2.46. The Bertz CT molecular complexity index is 1000. The number of aliphatic hydroxyl groups excluding tert-OH is 1. The van der Waals surface area contributed by atoms with E-state index >= 15 is 0 Å². The van der Waals surface area contributed by atoms with Crippen LogP contribution in [-0.2, 0) is 6.54 Å². The zero-order valence-corrected chi connectivity index (χ0v) is 17.5. The monoisotopic (exact) mass is 406 g/mol. The number of piperidine rings is 1. The summed E-state index contributed by atoms with van der Waals surface area (Å²) in [4.78, 5) is 2.69. The first kappa shape index (κ1) is 19.4. The third kappa shape index (κ3) is 3.89. The minimum Gasteiger partial charge on any atom is -0.491 e. The van der Waals surface area contributed by atoms with Crippen LogP contribution in [0.5, 0.6) is 5.75 Å². The van der Waals surface area contributed by atoms with E-state index in [2.05, 4.69) is 63.7 Å². The molecule has 2 aliphatic rings. The number of nitrogens with zero attached hydrogens (tertiary/aromatic N) is 2. The normalized spacial score (nSPS) is 23.7. The van der Waals surface area contributed by atoms with E-state index in [1.54, 1.807) is 0 Å². The van der Waals surface area contributed by atoms with Crippen molar-refractivity contribution in [2.75, 3.05) is 18.5 Å². The first-order chi connectivity index (χ1) is 14.7. The molecule has 0 radical (unpaired) electrons. The number of ether oxygens (including phenoxy) is 1. The summed E-state index contributed by atoms with van der Waals surface area (Å²) < 4.78 is 5.71. The third-order valence-corrected chi connectivity index (χ3v) is 6.66. The largest absolute Gasteiger partial charge is 0.491 e. The summed E-state index contributed by atoms with van der Waals surface area (Å²) in [5.74, 6) is 0.889. The van der Waals surface area contributed by atoms with E-state index in [0.29, 0.717) is 24.7 Å². The summed E-state index contributed by atoms with van der Waals surface area (Å²) in [6.45, 7) is 3.41. The summed E-state index contributed by atoms with van der Waals surface area (Å²) in [5.41, 5.74) is 4.68. The number of fused-ring (bicyclic) bond motifs is 3. The molecule has 2 atom stereocenters. The van der Waals surface area contributed by atoms with Crippen LogP contribution < -0.4 is 10.1 Å². The zero-order valence-electron chi connectivity index (χ0n) is 17.5. The predicted octanol–water partition coefficient (Wildman–Crippen LogP) is 3.85. The van der Waals surface area contributed by atoms with Gasteiger partial charge in [-0.3, -0.25) is 10.00 Å². The quantitative estimate of drug-likeness (QED) is 0.556. The fourth-order valence-electron chi connectivity index (χ4n) is 5.18. The Morgan fingerprint density at radius 2 is 2.00 bits per heavy atom. The van der Waals surface area contributed by atoms with E-state index in [1.807, 2.05) is 6.20 Å². The molecule has 0 spiro atoms. The Morgan fingerprint density at radius 3 is 2.80 bits per heavy atom. The highest BCUT2D eigenvalue weighted by Crippen LogP contribution is 2.38. The Morgan fingerprint density at radius 1 is 1.17 bits per heavy atom. The molecule has 3 heterocycles. The van der Waals surface area contributed by atoms with Crippen LogP contribution in [0.2, 0.25) is 0 Å². The number of nitrogens with one attached hydrogen (secondary N) is 2. The van der Waals surface area contributed by atoms with Crippen molar-refractivity contribution in [1.29, 1.82) is 0 Å². The fraction of sp³-hybridized carbons (Fsp3) is 0.458. The van der Waals surface area contributed by atoms with Gasteiger partial charge in [-0.2, -0.15) is 5.10 Å². The molecule has 5 rings (SSSR count). The second-order valence-corrected chi connectivity index (χ2v) is 8.71.